The van der Waals surface area contributed by atoms with Crippen LogP contribution in [0.5, 0.6) is 5.75 Å². The van der Waals surface area contributed by atoms with Gasteiger partial charge < -0.3 is 19.7 Å². The number of benzene rings is 1. The van der Waals surface area contributed by atoms with Crippen molar-refractivity contribution in [2.75, 3.05) is 31.6 Å². The average Bonchev–Trinajstić information content (AvgIpc) is 2.73. The Morgan fingerprint density at radius 3 is 2.60 bits per heavy atom. The standard InChI is InChI=1S/C21H25F3N2O4/c22-16-10-18-17(25-19(27)12-30-18)9-15(16)20(28)26-7-3-13(4-8-26)11-29-14-1-5-21(23,24)6-2-14/h9-10,13-14H,1-8,11-12H2,(H,25,27). The average molecular weight is 426 g/mol. The monoisotopic (exact) mass is 426 g/mol. The van der Waals surface area contributed by atoms with Crippen molar-refractivity contribution in [2.45, 2.75) is 50.6 Å². The minimum absolute atomic E-state index is 0.0996. The number of alkyl halides is 2. The molecule has 2 heterocycles. The fourth-order valence-electron chi connectivity index (χ4n) is 4.19. The van der Waals surface area contributed by atoms with Crippen molar-refractivity contribution < 1.29 is 32.2 Å². The lowest BCUT2D eigenvalue weighted by Crippen LogP contribution is -2.40. The van der Waals surface area contributed by atoms with Crippen LogP contribution in [-0.2, 0) is 9.53 Å². The predicted octanol–water partition coefficient (Wildman–Crippen LogP) is 3.60. The number of nitrogens with one attached hydrogen (secondary N) is 1. The molecule has 0 radical (unpaired) electrons. The Morgan fingerprint density at radius 1 is 1.20 bits per heavy atom. The van der Waals surface area contributed by atoms with E-state index in [1.165, 1.54) is 6.07 Å². The Kier molecular flexibility index (Phi) is 5.90. The number of hydrogen-bond acceptors (Lipinski definition) is 4. The first kappa shape index (κ1) is 21.0. The topological polar surface area (TPSA) is 67.9 Å². The molecule has 164 valence electrons. The van der Waals surface area contributed by atoms with Gasteiger partial charge in [-0.05, 0) is 37.7 Å². The Hall–Kier alpha value is -2.29. The SMILES string of the molecule is O=C1COc2cc(F)c(C(=O)N3CCC(COC4CCC(F)(F)CC4)CC3)cc2N1. The molecule has 2 fully saturated rings. The molecule has 1 saturated heterocycles. The number of rotatable bonds is 4. The van der Waals surface area contributed by atoms with Crippen LogP contribution >= 0.6 is 0 Å². The van der Waals surface area contributed by atoms with Gasteiger partial charge in [-0.2, -0.15) is 0 Å². The molecule has 30 heavy (non-hydrogen) atoms. The second-order valence-electron chi connectivity index (χ2n) is 8.29. The third-order valence-corrected chi connectivity index (χ3v) is 6.07. The highest BCUT2D eigenvalue weighted by molar-refractivity contribution is 6.00. The Bertz CT molecular complexity index is 815. The number of ether oxygens (including phenoxy) is 2. The summed E-state index contributed by atoms with van der Waals surface area (Å²) in [5.74, 6) is -3.57. The predicted molar refractivity (Wildman–Crippen MR) is 102 cm³/mol. The van der Waals surface area contributed by atoms with Crippen molar-refractivity contribution in [1.29, 1.82) is 0 Å². The third kappa shape index (κ3) is 4.71. The van der Waals surface area contributed by atoms with Gasteiger partial charge in [0.25, 0.3) is 11.8 Å². The number of anilines is 1. The number of amides is 2. The molecule has 0 bridgehead atoms. The van der Waals surface area contributed by atoms with Crippen molar-refractivity contribution in [2.24, 2.45) is 5.92 Å². The molecule has 1 aromatic rings. The summed E-state index contributed by atoms with van der Waals surface area (Å²) in [5, 5.41) is 2.58. The molecule has 1 N–H and O–H groups in total. The molecule has 3 aliphatic rings. The van der Waals surface area contributed by atoms with E-state index in [1.54, 1.807) is 4.90 Å². The summed E-state index contributed by atoms with van der Waals surface area (Å²) in [6, 6.07) is 2.44. The number of nitrogens with zero attached hydrogens (tertiary/aromatic N) is 1. The van der Waals surface area contributed by atoms with Crippen LogP contribution in [-0.4, -0.2) is 55.0 Å². The number of piperidine rings is 1. The van der Waals surface area contributed by atoms with E-state index in [4.69, 9.17) is 9.47 Å². The van der Waals surface area contributed by atoms with Gasteiger partial charge in [0, 0.05) is 38.6 Å². The first-order valence-electron chi connectivity index (χ1n) is 10.4. The minimum Gasteiger partial charge on any atom is -0.481 e. The molecule has 1 aromatic carbocycles. The zero-order valence-electron chi connectivity index (χ0n) is 16.6. The van der Waals surface area contributed by atoms with Crippen LogP contribution in [0.2, 0.25) is 0 Å². The Labute approximate surface area is 172 Å². The Balaban J connectivity index is 1.29. The minimum atomic E-state index is -2.56. The van der Waals surface area contributed by atoms with E-state index in [1.807, 2.05) is 0 Å². The van der Waals surface area contributed by atoms with Crippen molar-refractivity contribution in [3.05, 3.63) is 23.5 Å². The van der Waals surface area contributed by atoms with Crippen LogP contribution in [0.3, 0.4) is 0 Å². The smallest absolute Gasteiger partial charge is 0.262 e. The number of halogens is 3. The number of fused-ring (bicyclic) bond motifs is 1. The van der Waals surface area contributed by atoms with Gasteiger partial charge >= 0.3 is 0 Å². The summed E-state index contributed by atoms with van der Waals surface area (Å²) in [7, 11) is 0. The van der Waals surface area contributed by atoms with E-state index in [9.17, 15) is 22.8 Å². The molecular weight excluding hydrogens is 401 g/mol. The molecule has 0 spiro atoms. The van der Waals surface area contributed by atoms with Crippen LogP contribution in [0.15, 0.2) is 12.1 Å². The number of carbonyl (C=O) groups is 2. The zero-order valence-corrected chi connectivity index (χ0v) is 16.6. The van der Waals surface area contributed by atoms with Gasteiger partial charge in [0.2, 0.25) is 5.92 Å². The lowest BCUT2D eigenvalue weighted by Gasteiger charge is -2.34. The summed E-state index contributed by atoms with van der Waals surface area (Å²) < 4.78 is 51.9. The second kappa shape index (κ2) is 8.45. The zero-order chi connectivity index (χ0) is 21.3. The third-order valence-electron chi connectivity index (χ3n) is 6.07. The highest BCUT2D eigenvalue weighted by atomic mass is 19.3. The molecule has 2 amide bonds. The van der Waals surface area contributed by atoms with E-state index in [0.717, 1.165) is 6.07 Å². The van der Waals surface area contributed by atoms with Crippen LogP contribution in [0.1, 0.15) is 48.9 Å². The summed E-state index contributed by atoms with van der Waals surface area (Å²) in [4.78, 5) is 25.8. The van der Waals surface area contributed by atoms with E-state index in [0.29, 0.717) is 45.4 Å². The summed E-state index contributed by atoms with van der Waals surface area (Å²) in [6.45, 7) is 1.25. The largest absolute Gasteiger partial charge is 0.481 e. The summed E-state index contributed by atoms with van der Waals surface area (Å²) >= 11 is 0. The summed E-state index contributed by atoms with van der Waals surface area (Å²) in [5.41, 5.74) is 0.190. The number of likely N-dealkylation sites (tertiary alicyclic amines) is 1. The molecule has 6 nitrogen and oxygen atoms in total. The maximum absolute atomic E-state index is 14.4. The molecule has 9 heteroatoms. The molecular formula is C21H25F3N2O4. The van der Waals surface area contributed by atoms with Gasteiger partial charge in [-0.15, -0.1) is 0 Å². The molecule has 4 rings (SSSR count). The normalized spacial score (nSPS) is 22.2. The van der Waals surface area contributed by atoms with Crippen LogP contribution in [0.25, 0.3) is 0 Å². The molecule has 1 aliphatic carbocycles. The molecule has 0 unspecified atom stereocenters. The maximum Gasteiger partial charge on any atom is 0.262 e. The van der Waals surface area contributed by atoms with Gasteiger partial charge in [-0.1, -0.05) is 0 Å². The van der Waals surface area contributed by atoms with Crippen molar-refractivity contribution >= 4 is 17.5 Å². The Morgan fingerprint density at radius 2 is 1.90 bits per heavy atom. The first-order chi connectivity index (χ1) is 14.3. The molecule has 0 aromatic heterocycles. The van der Waals surface area contributed by atoms with Gasteiger partial charge in [0.1, 0.15) is 11.6 Å². The molecule has 1 saturated carbocycles. The fraction of sp³-hybridized carbons (Fsp3) is 0.619. The lowest BCUT2D eigenvalue weighted by atomic mass is 9.93. The molecule has 0 atom stereocenters. The van der Waals surface area contributed by atoms with Gasteiger partial charge in [-0.25, -0.2) is 13.2 Å². The van der Waals surface area contributed by atoms with E-state index >= 15 is 0 Å². The van der Waals surface area contributed by atoms with Gasteiger partial charge in [-0.3, -0.25) is 9.59 Å². The highest BCUT2D eigenvalue weighted by Crippen LogP contribution is 2.35. The van der Waals surface area contributed by atoms with E-state index in [-0.39, 0.29) is 54.4 Å². The summed E-state index contributed by atoms with van der Waals surface area (Å²) in [6.07, 6.45) is 1.81. The van der Waals surface area contributed by atoms with Crippen LogP contribution in [0.4, 0.5) is 18.9 Å². The van der Waals surface area contributed by atoms with Gasteiger partial charge in [0.15, 0.2) is 6.61 Å². The maximum atomic E-state index is 14.4. The van der Waals surface area contributed by atoms with Crippen molar-refractivity contribution in [3.8, 4) is 5.75 Å². The van der Waals surface area contributed by atoms with E-state index in [2.05, 4.69) is 5.32 Å². The first-order valence-corrected chi connectivity index (χ1v) is 10.4. The van der Waals surface area contributed by atoms with Crippen molar-refractivity contribution in [3.63, 3.8) is 0 Å². The van der Waals surface area contributed by atoms with Crippen LogP contribution in [0, 0.1) is 11.7 Å². The van der Waals surface area contributed by atoms with Crippen LogP contribution < -0.4 is 10.1 Å². The lowest BCUT2D eigenvalue weighted by molar-refractivity contribution is -0.118. The van der Waals surface area contributed by atoms with Crippen molar-refractivity contribution in [1.82, 2.24) is 4.90 Å². The number of hydrogen-bond donors (Lipinski definition) is 1. The fourth-order valence-corrected chi connectivity index (χ4v) is 4.19. The molecule has 2 aliphatic heterocycles. The number of carbonyl (C=O) groups excluding carboxylic acids is 2. The second-order valence-corrected chi connectivity index (χ2v) is 8.29. The van der Waals surface area contributed by atoms with Gasteiger partial charge in [0.05, 0.1) is 17.4 Å². The highest BCUT2D eigenvalue weighted by Gasteiger charge is 2.35. The quantitative estimate of drug-likeness (QED) is 0.799. The van der Waals surface area contributed by atoms with E-state index < -0.39 is 17.6 Å².